The largest absolute Gasteiger partial charge is 0.478 e. The zero-order chi connectivity index (χ0) is 13.3. The summed E-state index contributed by atoms with van der Waals surface area (Å²) in [6.07, 6.45) is 2.57. The maximum Gasteiger partial charge on any atom is 0.339 e. The summed E-state index contributed by atoms with van der Waals surface area (Å²) in [7, 11) is 0. The lowest BCUT2D eigenvalue weighted by molar-refractivity contribution is 0.0696. The third-order valence-electron chi connectivity index (χ3n) is 3.69. The second kappa shape index (κ2) is 4.92. The van der Waals surface area contributed by atoms with Crippen LogP contribution in [0.4, 0.5) is 5.82 Å². The number of hydrogen-bond donors (Lipinski definition) is 2. The van der Waals surface area contributed by atoms with E-state index < -0.39 is 5.97 Å². The predicted octanol–water partition coefficient (Wildman–Crippen LogP) is 2.25. The summed E-state index contributed by atoms with van der Waals surface area (Å²) >= 11 is 0. The number of carboxylic acids is 1. The number of hydrogen-bond acceptors (Lipinski definition) is 4. The lowest BCUT2D eigenvalue weighted by Gasteiger charge is -2.14. The van der Waals surface area contributed by atoms with Crippen molar-refractivity contribution in [2.45, 2.75) is 33.6 Å². The minimum atomic E-state index is -0.952. The van der Waals surface area contributed by atoms with E-state index in [1.54, 1.807) is 13.8 Å². The van der Waals surface area contributed by atoms with E-state index in [0.717, 1.165) is 12.5 Å². The Labute approximate surface area is 107 Å². The number of nitrogens with one attached hydrogen (secondary N) is 1. The topological polar surface area (TPSA) is 75.1 Å². The van der Waals surface area contributed by atoms with Crippen molar-refractivity contribution in [2.24, 2.45) is 11.8 Å². The number of anilines is 1. The Bertz CT molecular complexity index is 470. The molecule has 5 nitrogen and oxygen atoms in total. The molecule has 0 aliphatic heterocycles. The Morgan fingerprint density at radius 3 is 2.67 bits per heavy atom. The quantitative estimate of drug-likeness (QED) is 0.837. The molecular weight excluding hydrogens is 230 g/mol. The van der Waals surface area contributed by atoms with Gasteiger partial charge in [-0.15, -0.1) is 5.10 Å². The van der Waals surface area contributed by atoms with Crippen molar-refractivity contribution in [1.82, 2.24) is 10.2 Å². The molecule has 0 bridgehead atoms. The highest BCUT2D eigenvalue weighted by molar-refractivity contribution is 5.94. The smallest absolute Gasteiger partial charge is 0.339 e. The molecular formula is C13H19N3O2. The third-order valence-corrected chi connectivity index (χ3v) is 3.69. The molecule has 18 heavy (non-hydrogen) atoms. The Morgan fingerprint density at radius 2 is 2.11 bits per heavy atom. The maximum atomic E-state index is 11.3. The van der Waals surface area contributed by atoms with Gasteiger partial charge in [0.05, 0.1) is 5.69 Å². The standard InChI is InChI=1S/C13H19N3O2/c1-7(10-4-5-10)6-14-12-11(13(17)18)8(2)9(3)15-16-12/h7,10H,4-6H2,1-3H3,(H,14,16)(H,17,18). The summed E-state index contributed by atoms with van der Waals surface area (Å²) in [5, 5.41) is 20.3. The summed E-state index contributed by atoms with van der Waals surface area (Å²) in [5.41, 5.74) is 1.58. The lowest BCUT2D eigenvalue weighted by Crippen LogP contribution is -2.18. The van der Waals surface area contributed by atoms with E-state index in [2.05, 4.69) is 22.4 Å². The highest BCUT2D eigenvalue weighted by atomic mass is 16.4. The Morgan fingerprint density at radius 1 is 1.44 bits per heavy atom. The van der Waals surface area contributed by atoms with Gasteiger partial charge in [0.25, 0.3) is 0 Å². The van der Waals surface area contributed by atoms with Crippen molar-refractivity contribution in [3.8, 4) is 0 Å². The first-order chi connectivity index (χ1) is 8.50. The van der Waals surface area contributed by atoms with Gasteiger partial charge in [-0.2, -0.15) is 5.10 Å². The number of carbonyl (C=O) groups is 1. The van der Waals surface area contributed by atoms with Gasteiger partial charge in [0.2, 0.25) is 0 Å². The van der Waals surface area contributed by atoms with Crippen LogP contribution in [0.5, 0.6) is 0 Å². The molecule has 1 saturated carbocycles. The molecule has 5 heteroatoms. The molecule has 1 aromatic heterocycles. The van der Waals surface area contributed by atoms with E-state index >= 15 is 0 Å². The SMILES string of the molecule is Cc1nnc(NCC(C)C2CC2)c(C(=O)O)c1C. The second-order valence-electron chi connectivity index (χ2n) is 5.13. The van der Waals surface area contributed by atoms with Crippen LogP contribution < -0.4 is 5.32 Å². The van der Waals surface area contributed by atoms with Crippen molar-refractivity contribution >= 4 is 11.8 Å². The molecule has 2 N–H and O–H groups in total. The molecule has 98 valence electrons. The van der Waals surface area contributed by atoms with Crippen LogP contribution in [0.15, 0.2) is 0 Å². The zero-order valence-corrected chi connectivity index (χ0v) is 11.0. The van der Waals surface area contributed by atoms with Crippen LogP contribution in [-0.2, 0) is 0 Å². The Hall–Kier alpha value is -1.65. The average Bonchev–Trinajstić information content (AvgIpc) is 3.13. The van der Waals surface area contributed by atoms with Gasteiger partial charge in [-0.3, -0.25) is 0 Å². The molecule has 1 atom stereocenters. The first-order valence-electron chi connectivity index (χ1n) is 6.31. The summed E-state index contributed by atoms with van der Waals surface area (Å²) in [6, 6.07) is 0. The van der Waals surface area contributed by atoms with E-state index in [4.69, 9.17) is 0 Å². The van der Waals surface area contributed by atoms with Gasteiger partial charge < -0.3 is 10.4 Å². The lowest BCUT2D eigenvalue weighted by atomic mass is 10.1. The van der Waals surface area contributed by atoms with Crippen LogP contribution in [0.2, 0.25) is 0 Å². The fourth-order valence-electron chi connectivity index (χ4n) is 2.08. The maximum absolute atomic E-state index is 11.3. The highest BCUT2D eigenvalue weighted by Gasteiger charge is 2.28. The van der Waals surface area contributed by atoms with Crippen LogP contribution in [0, 0.1) is 25.7 Å². The molecule has 0 saturated heterocycles. The summed E-state index contributed by atoms with van der Waals surface area (Å²) < 4.78 is 0. The van der Waals surface area contributed by atoms with Gasteiger partial charge in [0, 0.05) is 6.54 Å². The van der Waals surface area contributed by atoms with Crippen LogP contribution in [0.1, 0.15) is 41.4 Å². The fourth-order valence-corrected chi connectivity index (χ4v) is 2.08. The number of aromatic carboxylic acids is 1. The first kappa shape index (κ1) is 12.8. The molecule has 0 radical (unpaired) electrons. The molecule has 0 aromatic carbocycles. The summed E-state index contributed by atoms with van der Waals surface area (Å²) in [6.45, 7) is 6.47. The van der Waals surface area contributed by atoms with Gasteiger partial charge >= 0.3 is 5.97 Å². The molecule has 1 fully saturated rings. The molecule has 1 unspecified atom stereocenters. The third kappa shape index (κ3) is 2.60. The van der Waals surface area contributed by atoms with Gasteiger partial charge in [-0.25, -0.2) is 4.79 Å². The van der Waals surface area contributed by atoms with Crippen molar-refractivity contribution in [2.75, 3.05) is 11.9 Å². The minimum absolute atomic E-state index is 0.241. The molecule has 2 rings (SSSR count). The van der Waals surface area contributed by atoms with Crippen molar-refractivity contribution < 1.29 is 9.90 Å². The van der Waals surface area contributed by atoms with Gasteiger partial charge in [0.15, 0.2) is 5.82 Å². The van der Waals surface area contributed by atoms with E-state index in [1.165, 1.54) is 12.8 Å². The molecule has 1 aromatic rings. The number of aryl methyl sites for hydroxylation is 1. The molecule has 0 spiro atoms. The number of nitrogens with zero attached hydrogens (tertiary/aromatic N) is 2. The minimum Gasteiger partial charge on any atom is -0.478 e. The fraction of sp³-hybridized carbons (Fsp3) is 0.615. The van der Waals surface area contributed by atoms with Crippen LogP contribution in [-0.4, -0.2) is 27.8 Å². The van der Waals surface area contributed by atoms with Crippen LogP contribution >= 0.6 is 0 Å². The summed E-state index contributed by atoms with van der Waals surface area (Å²) in [5.74, 6) is 0.769. The Balaban J connectivity index is 2.16. The predicted molar refractivity (Wildman–Crippen MR) is 68.8 cm³/mol. The number of rotatable bonds is 5. The average molecular weight is 249 g/mol. The van der Waals surface area contributed by atoms with E-state index in [9.17, 15) is 9.90 Å². The van der Waals surface area contributed by atoms with E-state index in [1.807, 2.05) is 0 Å². The second-order valence-corrected chi connectivity index (χ2v) is 5.13. The highest BCUT2D eigenvalue weighted by Crippen LogP contribution is 2.36. The van der Waals surface area contributed by atoms with Gasteiger partial charge in [-0.1, -0.05) is 6.92 Å². The molecule has 0 amide bonds. The normalized spacial score (nSPS) is 16.4. The molecule has 1 aliphatic carbocycles. The van der Waals surface area contributed by atoms with Crippen LogP contribution in [0.25, 0.3) is 0 Å². The van der Waals surface area contributed by atoms with Crippen molar-refractivity contribution in [3.05, 3.63) is 16.8 Å². The Kier molecular flexibility index (Phi) is 3.50. The monoisotopic (exact) mass is 249 g/mol. The van der Waals surface area contributed by atoms with E-state index in [0.29, 0.717) is 23.0 Å². The van der Waals surface area contributed by atoms with Gasteiger partial charge in [0.1, 0.15) is 5.56 Å². The van der Waals surface area contributed by atoms with Gasteiger partial charge in [-0.05, 0) is 44.1 Å². The molecule has 1 heterocycles. The van der Waals surface area contributed by atoms with E-state index in [-0.39, 0.29) is 5.56 Å². The van der Waals surface area contributed by atoms with Crippen LogP contribution in [0.3, 0.4) is 0 Å². The number of carboxylic acid groups (broad SMARTS) is 1. The summed E-state index contributed by atoms with van der Waals surface area (Å²) in [4.78, 5) is 11.3. The van der Waals surface area contributed by atoms with Crippen molar-refractivity contribution in [1.29, 1.82) is 0 Å². The molecule has 1 aliphatic rings. The first-order valence-corrected chi connectivity index (χ1v) is 6.31. The van der Waals surface area contributed by atoms with Crippen molar-refractivity contribution in [3.63, 3.8) is 0 Å². The number of aromatic nitrogens is 2. The zero-order valence-electron chi connectivity index (χ0n) is 11.0.